The molecule has 0 saturated carbocycles. The van der Waals surface area contributed by atoms with Gasteiger partial charge in [0.25, 0.3) is 0 Å². The van der Waals surface area contributed by atoms with Crippen molar-refractivity contribution in [3.8, 4) is 10.4 Å². The predicted molar refractivity (Wildman–Crippen MR) is 107 cm³/mol. The first-order valence-electron chi connectivity index (χ1n) is 8.28. The van der Waals surface area contributed by atoms with E-state index in [2.05, 4.69) is 15.3 Å². The lowest BCUT2D eigenvalue weighted by molar-refractivity contribution is -0.137. The molecule has 1 N–H and O–H groups in total. The number of benzene rings is 2. The van der Waals surface area contributed by atoms with Gasteiger partial charge in [-0.3, -0.25) is 0 Å². The number of nitrogens with one attached hydrogen (secondary N) is 1. The molecule has 0 atom stereocenters. The highest BCUT2D eigenvalue weighted by atomic mass is 35.5. The average molecular weight is 420 g/mol. The van der Waals surface area contributed by atoms with Crippen LogP contribution in [0.3, 0.4) is 0 Å². The maximum Gasteiger partial charge on any atom is 0.416 e. The minimum Gasteiger partial charge on any atom is -0.338 e. The van der Waals surface area contributed by atoms with E-state index in [0.29, 0.717) is 11.6 Å². The molecule has 0 saturated heterocycles. The molecule has 0 aliphatic carbocycles. The van der Waals surface area contributed by atoms with Gasteiger partial charge in [-0.05, 0) is 36.8 Å². The zero-order valence-electron chi connectivity index (χ0n) is 14.5. The monoisotopic (exact) mass is 419 g/mol. The Hall–Kier alpha value is -2.64. The van der Waals surface area contributed by atoms with Crippen LogP contribution in [0.15, 0.2) is 54.6 Å². The van der Waals surface area contributed by atoms with E-state index in [1.807, 2.05) is 36.4 Å². The molecular weight excluding hydrogens is 407 g/mol. The number of halogens is 4. The summed E-state index contributed by atoms with van der Waals surface area (Å²) in [4.78, 5) is 10.6. The highest BCUT2D eigenvalue weighted by Crippen LogP contribution is 2.38. The molecule has 0 spiro atoms. The number of hydrogen-bond acceptors (Lipinski definition) is 4. The molecule has 0 amide bonds. The Kier molecular flexibility index (Phi) is 4.72. The molecule has 0 unspecified atom stereocenters. The second-order valence-electron chi connectivity index (χ2n) is 6.13. The molecule has 142 valence electrons. The summed E-state index contributed by atoms with van der Waals surface area (Å²) in [5, 5.41) is 3.86. The normalized spacial score (nSPS) is 11.8. The zero-order valence-corrected chi connectivity index (χ0v) is 16.1. The molecule has 0 aliphatic heterocycles. The van der Waals surface area contributed by atoms with Gasteiger partial charge in [-0.2, -0.15) is 13.2 Å². The summed E-state index contributed by atoms with van der Waals surface area (Å²) >= 11 is 7.61. The summed E-state index contributed by atoms with van der Waals surface area (Å²) in [5.74, 6) is 0.932. The molecule has 2 aromatic heterocycles. The topological polar surface area (TPSA) is 37.8 Å². The highest BCUT2D eigenvalue weighted by Gasteiger charge is 2.31. The van der Waals surface area contributed by atoms with Crippen molar-refractivity contribution in [1.29, 1.82) is 0 Å². The Morgan fingerprint density at radius 3 is 2.46 bits per heavy atom. The molecule has 2 aromatic carbocycles. The van der Waals surface area contributed by atoms with Crippen LogP contribution < -0.4 is 5.32 Å². The van der Waals surface area contributed by atoms with E-state index >= 15 is 0 Å². The van der Waals surface area contributed by atoms with Crippen LogP contribution in [0.25, 0.3) is 20.7 Å². The molecule has 0 aliphatic rings. The van der Waals surface area contributed by atoms with Crippen LogP contribution >= 0.6 is 22.9 Å². The maximum absolute atomic E-state index is 13.1. The van der Waals surface area contributed by atoms with E-state index in [1.54, 1.807) is 6.92 Å². The van der Waals surface area contributed by atoms with Crippen LogP contribution in [0.4, 0.5) is 24.7 Å². The van der Waals surface area contributed by atoms with Crippen molar-refractivity contribution in [2.45, 2.75) is 13.1 Å². The number of thiophene rings is 1. The molecule has 3 nitrogen and oxygen atoms in total. The fraction of sp³-hybridized carbons (Fsp3) is 0.100. The average Bonchev–Trinajstić information content (AvgIpc) is 3.07. The van der Waals surface area contributed by atoms with Crippen molar-refractivity contribution in [2.24, 2.45) is 0 Å². The summed E-state index contributed by atoms with van der Waals surface area (Å²) in [6, 6.07) is 14.9. The van der Waals surface area contributed by atoms with Crippen LogP contribution in [-0.2, 0) is 6.18 Å². The van der Waals surface area contributed by atoms with Crippen molar-refractivity contribution >= 4 is 44.7 Å². The van der Waals surface area contributed by atoms with Gasteiger partial charge in [0.15, 0.2) is 0 Å². The highest BCUT2D eigenvalue weighted by molar-refractivity contribution is 7.21. The van der Waals surface area contributed by atoms with Crippen LogP contribution in [0.5, 0.6) is 0 Å². The third-order valence-electron chi connectivity index (χ3n) is 4.11. The number of hydrogen-bond donors (Lipinski definition) is 1. The SMILES string of the molecule is Cc1nc(Nc2cc(C(F)(F)F)ccc2Cl)c2cc(-c3ccccc3)sc2n1. The summed E-state index contributed by atoms with van der Waals surface area (Å²) in [6.07, 6.45) is -4.46. The summed E-state index contributed by atoms with van der Waals surface area (Å²) < 4.78 is 39.2. The lowest BCUT2D eigenvalue weighted by Crippen LogP contribution is -2.06. The lowest BCUT2D eigenvalue weighted by atomic mass is 10.1. The van der Waals surface area contributed by atoms with Gasteiger partial charge in [-0.1, -0.05) is 41.9 Å². The summed E-state index contributed by atoms with van der Waals surface area (Å²) in [6.45, 7) is 1.74. The number of alkyl halides is 3. The second-order valence-corrected chi connectivity index (χ2v) is 7.57. The molecule has 28 heavy (non-hydrogen) atoms. The van der Waals surface area contributed by atoms with E-state index in [0.717, 1.165) is 32.8 Å². The lowest BCUT2D eigenvalue weighted by Gasteiger charge is -2.12. The van der Waals surface area contributed by atoms with Crippen molar-refractivity contribution in [3.05, 3.63) is 71.0 Å². The van der Waals surface area contributed by atoms with Gasteiger partial charge in [0, 0.05) is 4.88 Å². The molecule has 2 heterocycles. The predicted octanol–water partition coefficient (Wildman–Crippen LogP) is 7.08. The Labute approximate surface area is 167 Å². The largest absolute Gasteiger partial charge is 0.416 e. The fourth-order valence-electron chi connectivity index (χ4n) is 2.79. The first-order valence-corrected chi connectivity index (χ1v) is 9.48. The fourth-order valence-corrected chi connectivity index (χ4v) is 4.04. The van der Waals surface area contributed by atoms with Gasteiger partial charge in [-0.25, -0.2) is 9.97 Å². The maximum atomic E-state index is 13.1. The minimum absolute atomic E-state index is 0.142. The molecular formula is C20H13ClF3N3S. The quantitative estimate of drug-likeness (QED) is 0.385. The third kappa shape index (κ3) is 3.68. The zero-order chi connectivity index (χ0) is 19.9. The Balaban J connectivity index is 1.80. The number of rotatable bonds is 3. The minimum atomic E-state index is -4.46. The van der Waals surface area contributed by atoms with E-state index < -0.39 is 11.7 Å². The van der Waals surface area contributed by atoms with Crippen molar-refractivity contribution in [3.63, 3.8) is 0 Å². The number of aromatic nitrogens is 2. The molecule has 4 aromatic rings. The standard InChI is InChI=1S/C20H13ClF3N3S/c1-11-25-18(27-16-9-13(20(22,23)24)7-8-15(16)21)14-10-17(28-19(14)26-11)12-5-3-2-4-6-12/h2-10H,1H3,(H,25,26,27). The van der Waals surface area contributed by atoms with Gasteiger partial charge in [0.05, 0.1) is 21.7 Å². The van der Waals surface area contributed by atoms with Crippen molar-refractivity contribution in [1.82, 2.24) is 9.97 Å². The summed E-state index contributed by atoms with van der Waals surface area (Å²) in [5.41, 5.74) is 0.395. The second kappa shape index (κ2) is 7.07. The third-order valence-corrected chi connectivity index (χ3v) is 5.52. The van der Waals surface area contributed by atoms with Gasteiger partial charge in [-0.15, -0.1) is 11.3 Å². The first kappa shape index (κ1) is 18.7. The van der Waals surface area contributed by atoms with Gasteiger partial charge in [0.2, 0.25) is 0 Å². The molecule has 0 bridgehead atoms. The molecule has 0 radical (unpaired) electrons. The number of fused-ring (bicyclic) bond motifs is 1. The van der Waals surface area contributed by atoms with E-state index in [9.17, 15) is 13.2 Å². The number of nitrogens with zero attached hydrogens (tertiary/aromatic N) is 2. The number of anilines is 2. The van der Waals surface area contributed by atoms with Crippen molar-refractivity contribution in [2.75, 3.05) is 5.32 Å². The molecule has 8 heteroatoms. The van der Waals surface area contributed by atoms with Gasteiger partial charge >= 0.3 is 6.18 Å². The van der Waals surface area contributed by atoms with Gasteiger partial charge < -0.3 is 5.32 Å². The van der Waals surface area contributed by atoms with E-state index in [-0.39, 0.29) is 10.7 Å². The Morgan fingerprint density at radius 2 is 1.75 bits per heavy atom. The van der Waals surface area contributed by atoms with Crippen LogP contribution in [0, 0.1) is 6.92 Å². The Morgan fingerprint density at radius 1 is 1.00 bits per heavy atom. The smallest absolute Gasteiger partial charge is 0.338 e. The Bertz CT molecular complexity index is 1160. The first-order chi connectivity index (χ1) is 13.3. The molecule has 4 rings (SSSR count). The van der Waals surface area contributed by atoms with E-state index in [4.69, 9.17) is 11.6 Å². The van der Waals surface area contributed by atoms with Crippen LogP contribution in [0.1, 0.15) is 11.4 Å². The van der Waals surface area contributed by atoms with E-state index in [1.165, 1.54) is 17.4 Å². The van der Waals surface area contributed by atoms with Crippen molar-refractivity contribution < 1.29 is 13.2 Å². The molecule has 0 fully saturated rings. The van der Waals surface area contributed by atoms with Crippen LogP contribution in [0.2, 0.25) is 5.02 Å². The number of aryl methyl sites for hydroxylation is 1. The summed E-state index contributed by atoms with van der Waals surface area (Å²) in [7, 11) is 0. The van der Waals surface area contributed by atoms with Gasteiger partial charge in [0.1, 0.15) is 16.5 Å². The van der Waals surface area contributed by atoms with Crippen LogP contribution in [-0.4, -0.2) is 9.97 Å².